The van der Waals surface area contributed by atoms with Gasteiger partial charge >= 0.3 is 0 Å². The number of nitrogens with zero attached hydrogens (tertiary/aromatic N) is 1. The molecule has 2 rings (SSSR count). The molecule has 14 heavy (non-hydrogen) atoms. The summed E-state index contributed by atoms with van der Waals surface area (Å²) < 4.78 is 0. The summed E-state index contributed by atoms with van der Waals surface area (Å²) in [6, 6.07) is 0. The van der Waals surface area contributed by atoms with E-state index < -0.39 is 0 Å². The Labute approximate surface area is 86.5 Å². The van der Waals surface area contributed by atoms with Gasteiger partial charge in [-0.05, 0) is 18.8 Å². The summed E-state index contributed by atoms with van der Waals surface area (Å²) in [6.45, 7) is 0.818. The Morgan fingerprint density at radius 3 is 3.07 bits per heavy atom. The van der Waals surface area contributed by atoms with E-state index in [9.17, 15) is 4.79 Å². The molecule has 0 saturated heterocycles. The highest BCUT2D eigenvalue weighted by Gasteiger charge is 2.21. The van der Waals surface area contributed by atoms with Crippen LogP contribution in [0.15, 0.2) is 5.38 Å². The molecule has 1 aliphatic rings. The Hall–Kier alpha value is -1.10. The first-order valence-corrected chi connectivity index (χ1v) is 5.58. The molecule has 0 spiro atoms. The Balaban J connectivity index is 1.75. The van der Waals surface area contributed by atoms with E-state index in [1.54, 1.807) is 0 Å². The third-order valence-electron chi connectivity index (χ3n) is 2.20. The molecule has 1 saturated carbocycles. The smallest absolute Gasteiger partial charge is 0.226 e. The summed E-state index contributed by atoms with van der Waals surface area (Å²) in [5.41, 5.74) is 6.23. The highest BCUT2D eigenvalue weighted by molar-refractivity contribution is 7.13. The fourth-order valence-corrected chi connectivity index (χ4v) is 1.77. The van der Waals surface area contributed by atoms with Gasteiger partial charge in [-0.25, -0.2) is 4.98 Å². The van der Waals surface area contributed by atoms with Gasteiger partial charge in [0.2, 0.25) is 5.91 Å². The molecule has 3 N–H and O–H groups in total. The number of hydrogen-bond acceptors (Lipinski definition) is 4. The Morgan fingerprint density at radius 2 is 2.50 bits per heavy atom. The maximum absolute atomic E-state index is 11.4. The first-order valence-electron chi connectivity index (χ1n) is 4.70. The summed E-state index contributed by atoms with van der Waals surface area (Å²) in [7, 11) is 0. The van der Waals surface area contributed by atoms with Gasteiger partial charge in [0.15, 0.2) is 5.13 Å². The van der Waals surface area contributed by atoms with Gasteiger partial charge < -0.3 is 11.1 Å². The number of anilines is 1. The standard InChI is InChI=1S/C9H13N3OS/c10-9-12-7(5-14-9)3-8(13)11-4-6-1-2-6/h5-6H,1-4H2,(H2,10,12)(H,11,13). The molecule has 76 valence electrons. The fourth-order valence-electron chi connectivity index (χ4n) is 1.21. The molecule has 1 aromatic heterocycles. The van der Waals surface area contributed by atoms with Crippen LogP contribution in [0, 0.1) is 5.92 Å². The number of hydrogen-bond donors (Lipinski definition) is 2. The van der Waals surface area contributed by atoms with Crippen molar-refractivity contribution in [3.05, 3.63) is 11.1 Å². The Bertz CT molecular complexity index is 333. The Morgan fingerprint density at radius 1 is 1.71 bits per heavy atom. The lowest BCUT2D eigenvalue weighted by Gasteiger charge is -2.01. The van der Waals surface area contributed by atoms with Crippen molar-refractivity contribution >= 4 is 22.4 Å². The number of amides is 1. The molecular formula is C9H13N3OS. The van der Waals surface area contributed by atoms with E-state index in [2.05, 4.69) is 10.3 Å². The van der Waals surface area contributed by atoms with E-state index in [1.165, 1.54) is 24.2 Å². The van der Waals surface area contributed by atoms with Gasteiger partial charge in [-0.1, -0.05) is 0 Å². The molecule has 0 radical (unpaired) electrons. The molecule has 1 amide bonds. The van der Waals surface area contributed by atoms with Crippen molar-refractivity contribution in [1.29, 1.82) is 0 Å². The lowest BCUT2D eigenvalue weighted by Crippen LogP contribution is -2.27. The number of nitrogens with two attached hydrogens (primary N) is 1. The van der Waals surface area contributed by atoms with Gasteiger partial charge in [0.05, 0.1) is 12.1 Å². The van der Waals surface area contributed by atoms with Crippen molar-refractivity contribution in [3.63, 3.8) is 0 Å². The average Bonchev–Trinajstić information content (AvgIpc) is 2.88. The molecule has 0 unspecified atom stereocenters. The normalized spacial score (nSPS) is 15.4. The van der Waals surface area contributed by atoms with Gasteiger partial charge in [0.25, 0.3) is 0 Å². The maximum atomic E-state index is 11.4. The van der Waals surface area contributed by atoms with Gasteiger partial charge in [-0.2, -0.15) is 0 Å². The zero-order valence-corrected chi connectivity index (χ0v) is 8.64. The molecule has 0 aliphatic heterocycles. The van der Waals surface area contributed by atoms with Crippen molar-refractivity contribution in [3.8, 4) is 0 Å². The molecule has 0 aromatic carbocycles. The zero-order valence-electron chi connectivity index (χ0n) is 7.82. The lowest BCUT2D eigenvalue weighted by atomic mass is 10.3. The van der Waals surface area contributed by atoms with Crippen LogP contribution in [0.2, 0.25) is 0 Å². The van der Waals surface area contributed by atoms with Crippen molar-refractivity contribution in [2.75, 3.05) is 12.3 Å². The van der Waals surface area contributed by atoms with E-state index >= 15 is 0 Å². The quantitative estimate of drug-likeness (QED) is 0.773. The number of rotatable bonds is 4. The summed E-state index contributed by atoms with van der Waals surface area (Å²) in [5, 5.41) is 5.24. The van der Waals surface area contributed by atoms with E-state index in [0.717, 1.165) is 18.2 Å². The summed E-state index contributed by atoms with van der Waals surface area (Å²) in [4.78, 5) is 15.4. The van der Waals surface area contributed by atoms with Crippen LogP contribution in [0.25, 0.3) is 0 Å². The SMILES string of the molecule is Nc1nc(CC(=O)NCC2CC2)cs1. The van der Waals surface area contributed by atoms with Crippen molar-refractivity contribution in [2.45, 2.75) is 19.3 Å². The van der Waals surface area contributed by atoms with Gasteiger partial charge in [0.1, 0.15) is 0 Å². The maximum Gasteiger partial charge on any atom is 0.226 e. The van der Waals surface area contributed by atoms with Crippen molar-refractivity contribution in [2.24, 2.45) is 5.92 Å². The Kier molecular flexibility index (Phi) is 2.67. The third-order valence-corrected chi connectivity index (χ3v) is 2.92. The molecule has 0 atom stereocenters. The number of aromatic nitrogens is 1. The van der Waals surface area contributed by atoms with E-state index in [-0.39, 0.29) is 5.91 Å². The largest absolute Gasteiger partial charge is 0.375 e. The van der Waals surface area contributed by atoms with E-state index in [1.807, 2.05) is 5.38 Å². The van der Waals surface area contributed by atoms with Crippen LogP contribution >= 0.6 is 11.3 Å². The lowest BCUT2D eigenvalue weighted by molar-refractivity contribution is -0.120. The second-order valence-corrected chi connectivity index (χ2v) is 4.49. The van der Waals surface area contributed by atoms with Crippen LogP contribution in [0.3, 0.4) is 0 Å². The number of thiazole rings is 1. The number of nitrogen functional groups attached to an aromatic ring is 1. The predicted molar refractivity (Wildman–Crippen MR) is 56.0 cm³/mol. The molecule has 1 fully saturated rings. The molecular weight excluding hydrogens is 198 g/mol. The highest BCUT2D eigenvalue weighted by atomic mass is 32.1. The highest BCUT2D eigenvalue weighted by Crippen LogP contribution is 2.27. The summed E-state index contributed by atoms with van der Waals surface area (Å²) in [6.07, 6.45) is 2.86. The fraction of sp³-hybridized carbons (Fsp3) is 0.556. The molecule has 1 aromatic rings. The second kappa shape index (κ2) is 3.96. The monoisotopic (exact) mass is 211 g/mol. The molecule has 1 heterocycles. The van der Waals surface area contributed by atoms with Crippen LogP contribution in [-0.2, 0) is 11.2 Å². The van der Waals surface area contributed by atoms with Crippen LogP contribution in [0.5, 0.6) is 0 Å². The van der Waals surface area contributed by atoms with Crippen LogP contribution in [-0.4, -0.2) is 17.4 Å². The number of carbonyl (C=O) groups excluding carboxylic acids is 1. The van der Waals surface area contributed by atoms with Gasteiger partial charge in [-0.15, -0.1) is 11.3 Å². The second-order valence-electron chi connectivity index (χ2n) is 3.60. The first kappa shape index (κ1) is 9.45. The molecule has 5 heteroatoms. The van der Waals surface area contributed by atoms with E-state index in [0.29, 0.717) is 11.6 Å². The van der Waals surface area contributed by atoms with Crippen LogP contribution < -0.4 is 11.1 Å². The van der Waals surface area contributed by atoms with Crippen molar-refractivity contribution < 1.29 is 4.79 Å². The molecule has 4 nitrogen and oxygen atoms in total. The summed E-state index contributed by atoms with van der Waals surface area (Å²) >= 11 is 1.37. The third kappa shape index (κ3) is 2.70. The average molecular weight is 211 g/mol. The minimum Gasteiger partial charge on any atom is -0.375 e. The van der Waals surface area contributed by atoms with Gasteiger partial charge in [0, 0.05) is 11.9 Å². The molecule has 1 aliphatic carbocycles. The van der Waals surface area contributed by atoms with Crippen molar-refractivity contribution in [1.82, 2.24) is 10.3 Å². The minimum atomic E-state index is 0.0437. The first-order chi connectivity index (χ1) is 6.74. The zero-order chi connectivity index (χ0) is 9.97. The van der Waals surface area contributed by atoms with Crippen LogP contribution in [0.1, 0.15) is 18.5 Å². The molecule has 0 bridgehead atoms. The topological polar surface area (TPSA) is 68.0 Å². The van der Waals surface area contributed by atoms with E-state index in [4.69, 9.17) is 5.73 Å². The van der Waals surface area contributed by atoms with Gasteiger partial charge in [-0.3, -0.25) is 4.79 Å². The predicted octanol–water partition coefficient (Wildman–Crippen LogP) is 0.794. The summed E-state index contributed by atoms with van der Waals surface area (Å²) in [5.74, 6) is 0.765. The number of carbonyl (C=O) groups is 1. The number of nitrogens with one attached hydrogen (secondary N) is 1. The minimum absolute atomic E-state index is 0.0437. The van der Waals surface area contributed by atoms with Crippen LogP contribution in [0.4, 0.5) is 5.13 Å².